The lowest BCUT2D eigenvalue weighted by Crippen LogP contribution is -2.36. The van der Waals surface area contributed by atoms with Crippen LogP contribution in [0.25, 0.3) is 0 Å². The van der Waals surface area contributed by atoms with Crippen molar-refractivity contribution in [3.8, 4) is 0 Å². The summed E-state index contributed by atoms with van der Waals surface area (Å²) in [6.07, 6.45) is 5.13. The van der Waals surface area contributed by atoms with Gasteiger partial charge in [-0.05, 0) is 30.9 Å². The average molecular weight is 245 g/mol. The van der Waals surface area contributed by atoms with Gasteiger partial charge in [-0.1, -0.05) is 31.9 Å². The van der Waals surface area contributed by atoms with Crippen molar-refractivity contribution < 1.29 is 0 Å². The molecular formula is C15H23N3. The lowest BCUT2D eigenvalue weighted by atomic mass is 9.86. The van der Waals surface area contributed by atoms with Crippen molar-refractivity contribution in [2.24, 2.45) is 11.7 Å². The predicted octanol–water partition coefficient (Wildman–Crippen LogP) is 2.99. The van der Waals surface area contributed by atoms with Crippen molar-refractivity contribution in [3.05, 3.63) is 29.8 Å². The third-order valence-corrected chi connectivity index (χ3v) is 4.03. The number of nitrogens with two attached hydrogens (primary N) is 1. The zero-order chi connectivity index (χ0) is 13.1. The third-order valence-electron chi connectivity index (χ3n) is 4.03. The fourth-order valence-corrected chi connectivity index (χ4v) is 2.96. The molecule has 18 heavy (non-hydrogen) atoms. The van der Waals surface area contributed by atoms with Gasteiger partial charge in [0.2, 0.25) is 0 Å². The van der Waals surface area contributed by atoms with E-state index >= 15 is 0 Å². The van der Waals surface area contributed by atoms with Crippen LogP contribution in [0.2, 0.25) is 0 Å². The van der Waals surface area contributed by atoms with Crippen LogP contribution in [0, 0.1) is 11.3 Å². The second-order valence-electron chi connectivity index (χ2n) is 5.47. The summed E-state index contributed by atoms with van der Waals surface area (Å²) >= 11 is 0. The maximum Gasteiger partial charge on any atom is 0.124 e. The molecule has 2 unspecified atom stereocenters. The molecule has 1 aliphatic carbocycles. The number of anilines is 1. The zero-order valence-corrected chi connectivity index (χ0v) is 11.3. The van der Waals surface area contributed by atoms with Crippen LogP contribution in [0.15, 0.2) is 24.3 Å². The molecule has 2 rings (SSSR count). The molecule has 3 N–H and O–H groups in total. The molecular weight excluding hydrogens is 222 g/mol. The minimum atomic E-state index is 0.154. The summed E-state index contributed by atoms with van der Waals surface area (Å²) in [7, 11) is 2.13. The van der Waals surface area contributed by atoms with Gasteiger partial charge in [0, 0.05) is 24.3 Å². The molecule has 0 aromatic heterocycles. The molecule has 0 amide bonds. The highest BCUT2D eigenvalue weighted by Gasteiger charge is 2.23. The van der Waals surface area contributed by atoms with E-state index in [1.807, 2.05) is 18.2 Å². The zero-order valence-electron chi connectivity index (χ0n) is 11.3. The summed E-state index contributed by atoms with van der Waals surface area (Å²) in [6, 6.07) is 8.53. The van der Waals surface area contributed by atoms with Gasteiger partial charge < -0.3 is 10.6 Å². The van der Waals surface area contributed by atoms with Gasteiger partial charge in [-0.15, -0.1) is 0 Å². The molecule has 2 atom stereocenters. The Labute approximate surface area is 109 Å². The van der Waals surface area contributed by atoms with Gasteiger partial charge in [-0.3, -0.25) is 5.41 Å². The van der Waals surface area contributed by atoms with Crippen LogP contribution >= 0.6 is 0 Å². The largest absolute Gasteiger partial charge is 0.384 e. The van der Waals surface area contributed by atoms with Crippen molar-refractivity contribution in [2.45, 2.75) is 38.6 Å². The topological polar surface area (TPSA) is 53.1 Å². The van der Waals surface area contributed by atoms with E-state index in [9.17, 15) is 0 Å². The lowest BCUT2D eigenvalue weighted by molar-refractivity contribution is 0.336. The van der Waals surface area contributed by atoms with Gasteiger partial charge in [0.15, 0.2) is 0 Å². The van der Waals surface area contributed by atoms with Crippen molar-refractivity contribution in [1.29, 1.82) is 5.41 Å². The highest BCUT2D eigenvalue weighted by atomic mass is 15.1. The summed E-state index contributed by atoms with van der Waals surface area (Å²) in [4.78, 5) is 2.31. The first-order valence-electron chi connectivity index (χ1n) is 6.76. The summed E-state index contributed by atoms with van der Waals surface area (Å²) in [5, 5.41) is 7.67. The molecule has 1 saturated carbocycles. The van der Waals surface area contributed by atoms with Crippen molar-refractivity contribution in [1.82, 2.24) is 0 Å². The maximum absolute atomic E-state index is 7.67. The lowest BCUT2D eigenvalue weighted by Gasteiger charge is -2.36. The van der Waals surface area contributed by atoms with Crippen LogP contribution in [0.5, 0.6) is 0 Å². The predicted molar refractivity (Wildman–Crippen MR) is 77.3 cm³/mol. The quantitative estimate of drug-likeness (QED) is 0.635. The standard InChI is InChI=1S/C15H23N3/c1-11-6-5-7-12(10-11)18(2)14-9-4-3-8-13(14)15(16)17/h3-4,8-9,11-12H,5-7,10H2,1-2H3,(H3,16,17). The molecule has 1 fully saturated rings. The van der Waals surface area contributed by atoms with Gasteiger partial charge in [0.25, 0.3) is 0 Å². The molecule has 0 heterocycles. The molecule has 1 aromatic rings. The number of nitrogens with zero attached hydrogens (tertiary/aromatic N) is 1. The van der Waals surface area contributed by atoms with Gasteiger partial charge in [0.05, 0.1) is 0 Å². The van der Waals surface area contributed by atoms with Crippen LogP contribution < -0.4 is 10.6 Å². The first-order valence-corrected chi connectivity index (χ1v) is 6.76. The molecule has 0 saturated heterocycles. The molecule has 3 nitrogen and oxygen atoms in total. The molecule has 0 bridgehead atoms. The number of hydrogen-bond acceptors (Lipinski definition) is 2. The first-order chi connectivity index (χ1) is 8.59. The smallest absolute Gasteiger partial charge is 0.124 e. The number of nitrogens with one attached hydrogen (secondary N) is 1. The summed E-state index contributed by atoms with van der Waals surface area (Å²) < 4.78 is 0. The molecule has 1 aliphatic rings. The molecule has 1 aromatic carbocycles. The number of benzene rings is 1. The Hall–Kier alpha value is -1.51. The monoisotopic (exact) mass is 245 g/mol. The molecule has 0 spiro atoms. The van der Waals surface area contributed by atoms with Crippen LogP contribution in [0.1, 0.15) is 38.2 Å². The van der Waals surface area contributed by atoms with E-state index in [1.165, 1.54) is 25.7 Å². The number of para-hydroxylation sites is 1. The van der Waals surface area contributed by atoms with Gasteiger partial charge in [0.1, 0.15) is 5.84 Å². The highest BCUT2D eigenvalue weighted by molar-refractivity contribution is 6.00. The van der Waals surface area contributed by atoms with Gasteiger partial charge in [-0.2, -0.15) is 0 Å². The minimum absolute atomic E-state index is 0.154. The second-order valence-corrected chi connectivity index (χ2v) is 5.47. The van der Waals surface area contributed by atoms with Crippen LogP contribution in [-0.2, 0) is 0 Å². The SMILES string of the molecule is CC1CCCC(N(C)c2ccccc2C(=N)N)C1. The fourth-order valence-electron chi connectivity index (χ4n) is 2.96. The van der Waals surface area contributed by atoms with E-state index in [-0.39, 0.29) is 5.84 Å². The van der Waals surface area contributed by atoms with E-state index in [0.717, 1.165) is 17.2 Å². The van der Waals surface area contributed by atoms with Gasteiger partial charge in [-0.25, -0.2) is 0 Å². The average Bonchev–Trinajstić information content (AvgIpc) is 2.38. The summed E-state index contributed by atoms with van der Waals surface area (Å²) in [5.41, 5.74) is 7.60. The molecule has 0 aliphatic heterocycles. The van der Waals surface area contributed by atoms with E-state index in [4.69, 9.17) is 11.1 Å². The Balaban J connectivity index is 2.22. The number of amidine groups is 1. The van der Waals surface area contributed by atoms with Crippen molar-refractivity contribution >= 4 is 11.5 Å². The maximum atomic E-state index is 7.67. The Bertz CT molecular complexity index is 428. The Kier molecular flexibility index (Phi) is 3.90. The Morgan fingerprint density at radius 3 is 2.72 bits per heavy atom. The van der Waals surface area contributed by atoms with E-state index in [1.54, 1.807) is 0 Å². The Morgan fingerprint density at radius 2 is 2.06 bits per heavy atom. The van der Waals surface area contributed by atoms with E-state index in [0.29, 0.717) is 6.04 Å². The van der Waals surface area contributed by atoms with Crippen molar-refractivity contribution in [3.63, 3.8) is 0 Å². The second kappa shape index (κ2) is 5.42. The third kappa shape index (κ3) is 2.66. The molecule has 0 radical (unpaired) electrons. The van der Waals surface area contributed by atoms with Crippen LogP contribution in [0.3, 0.4) is 0 Å². The Morgan fingerprint density at radius 1 is 1.33 bits per heavy atom. The number of nitrogen functional groups attached to an aromatic ring is 1. The number of hydrogen-bond donors (Lipinski definition) is 2. The van der Waals surface area contributed by atoms with E-state index < -0.39 is 0 Å². The first kappa shape index (κ1) is 12.9. The molecule has 98 valence electrons. The summed E-state index contributed by atoms with van der Waals surface area (Å²) in [6.45, 7) is 2.33. The van der Waals surface area contributed by atoms with Gasteiger partial charge >= 0.3 is 0 Å². The van der Waals surface area contributed by atoms with Crippen molar-refractivity contribution in [2.75, 3.05) is 11.9 Å². The minimum Gasteiger partial charge on any atom is -0.384 e. The normalized spacial score (nSPS) is 23.7. The fraction of sp³-hybridized carbons (Fsp3) is 0.533. The molecule has 3 heteroatoms. The summed E-state index contributed by atoms with van der Waals surface area (Å²) in [5.74, 6) is 0.956. The van der Waals surface area contributed by atoms with E-state index in [2.05, 4.69) is 24.9 Å². The van der Waals surface area contributed by atoms with Crippen LogP contribution in [-0.4, -0.2) is 18.9 Å². The number of rotatable bonds is 3. The highest BCUT2D eigenvalue weighted by Crippen LogP contribution is 2.30. The van der Waals surface area contributed by atoms with Crippen LogP contribution in [0.4, 0.5) is 5.69 Å².